The van der Waals surface area contributed by atoms with E-state index in [4.69, 9.17) is 0 Å². The molecule has 1 aliphatic rings. The number of carboxylic acids is 1. The van der Waals surface area contributed by atoms with Gasteiger partial charge in [0.05, 0.1) is 23.1 Å². The zero-order chi connectivity index (χ0) is 25.0. The molecule has 0 radical (unpaired) electrons. The van der Waals surface area contributed by atoms with Gasteiger partial charge in [-0.15, -0.1) is 0 Å². The Balaban J connectivity index is 1.35. The highest BCUT2D eigenvalue weighted by Gasteiger charge is 2.32. The average molecular weight is 482 g/mol. The summed E-state index contributed by atoms with van der Waals surface area (Å²) >= 11 is 0. The average Bonchev–Trinajstić information content (AvgIpc) is 2.84. The highest BCUT2D eigenvalue weighted by atomic mass is 19.4. The predicted molar refractivity (Wildman–Crippen MR) is 121 cm³/mol. The lowest BCUT2D eigenvalue weighted by atomic mass is 9.77. The van der Waals surface area contributed by atoms with Gasteiger partial charge < -0.3 is 15.2 Å². The smallest absolute Gasteiger partial charge is 0.433 e. The number of pyridine rings is 2. The molecule has 6 nitrogen and oxygen atoms in total. The highest BCUT2D eigenvalue weighted by molar-refractivity contribution is 6.04. The Bertz CT molecular complexity index is 1170. The fourth-order valence-electron chi connectivity index (χ4n) is 4.40. The second-order valence-electron chi connectivity index (χ2n) is 8.73. The minimum Gasteiger partial charge on any atom is -0.550 e. The Morgan fingerprint density at radius 3 is 2.17 bits per heavy atom. The zero-order valence-corrected chi connectivity index (χ0v) is 18.7. The van der Waals surface area contributed by atoms with Gasteiger partial charge >= 0.3 is 6.18 Å². The normalized spacial score (nSPS) is 18.1. The molecule has 0 unspecified atom stereocenters. The fourth-order valence-corrected chi connectivity index (χ4v) is 4.40. The summed E-state index contributed by atoms with van der Waals surface area (Å²) in [5, 5.41) is 13.4. The maximum absolute atomic E-state index is 12.6. The third kappa shape index (κ3) is 6.23. The van der Waals surface area contributed by atoms with Gasteiger partial charge in [0.2, 0.25) is 0 Å². The van der Waals surface area contributed by atoms with E-state index in [2.05, 4.69) is 27.4 Å². The van der Waals surface area contributed by atoms with Crippen molar-refractivity contribution < 1.29 is 27.9 Å². The van der Waals surface area contributed by atoms with E-state index in [-0.39, 0.29) is 17.9 Å². The Hall–Kier alpha value is -3.75. The van der Waals surface area contributed by atoms with Gasteiger partial charge in [0, 0.05) is 17.7 Å². The molecule has 0 atom stereocenters. The molecular weight excluding hydrogens is 459 g/mol. The molecule has 2 aromatic heterocycles. The Labute approximate surface area is 200 Å². The van der Waals surface area contributed by atoms with E-state index in [0.29, 0.717) is 17.3 Å². The third-order valence-corrected chi connectivity index (χ3v) is 6.32. The quantitative estimate of drug-likeness (QED) is 0.543. The van der Waals surface area contributed by atoms with Gasteiger partial charge in [-0.2, -0.15) is 13.2 Å². The van der Waals surface area contributed by atoms with Gasteiger partial charge in [-0.3, -0.25) is 14.8 Å². The molecule has 182 valence electrons. The summed E-state index contributed by atoms with van der Waals surface area (Å²) in [5.74, 6) is -0.950. The van der Waals surface area contributed by atoms with E-state index in [0.717, 1.165) is 49.6 Å². The van der Waals surface area contributed by atoms with Crippen molar-refractivity contribution in [3.8, 4) is 11.3 Å². The number of nitrogens with zero attached hydrogens (tertiary/aromatic N) is 2. The molecule has 1 fully saturated rings. The number of hydrogen-bond donors (Lipinski definition) is 1. The van der Waals surface area contributed by atoms with Crippen LogP contribution in [0.3, 0.4) is 0 Å². The molecule has 0 spiro atoms. The van der Waals surface area contributed by atoms with Gasteiger partial charge in [-0.1, -0.05) is 24.3 Å². The van der Waals surface area contributed by atoms with Crippen LogP contribution in [-0.2, 0) is 11.0 Å². The first-order valence-electron chi connectivity index (χ1n) is 11.3. The standard InChI is InChI=1S/C26H24F3N3O3/c27-26(28,29)23-12-9-20(14-31-23)25(35)32-21-10-11-22(30-15-21)19-7-5-18(6-8-19)17-3-1-16(2-4-17)13-24(33)34/h5-12,14-17H,1-4,13H2,(H,32,35)(H,33,34)/p-1. The zero-order valence-electron chi connectivity index (χ0n) is 18.7. The fraction of sp³-hybridized carbons (Fsp3) is 0.308. The molecule has 1 amide bonds. The van der Waals surface area contributed by atoms with Crippen LogP contribution >= 0.6 is 0 Å². The summed E-state index contributed by atoms with van der Waals surface area (Å²) in [7, 11) is 0. The minimum atomic E-state index is -4.56. The first-order valence-corrected chi connectivity index (χ1v) is 11.3. The van der Waals surface area contributed by atoms with Crippen LogP contribution in [-0.4, -0.2) is 21.8 Å². The number of amides is 1. The van der Waals surface area contributed by atoms with Crippen molar-refractivity contribution in [3.63, 3.8) is 0 Å². The molecule has 3 aromatic rings. The molecule has 35 heavy (non-hydrogen) atoms. The van der Waals surface area contributed by atoms with Crippen LogP contribution in [0.5, 0.6) is 0 Å². The number of alkyl halides is 3. The number of carbonyl (C=O) groups excluding carboxylic acids is 2. The number of carbonyl (C=O) groups is 2. The maximum atomic E-state index is 12.6. The van der Waals surface area contributed by atoms with Crippen LogP contribution in [0, 0.1) is 5.92 Å². The van der Waals surface area contributed by atoms with E-state index >= 15 is 0 Å². The number of hydrogen-bond acceptors (Lipinski definition) is 5. The van der Waals surface area contributed by atoms with Crippen molar-refractivity contribution in [1.29, 1.82) is 0 Å². The van der Waals surface area contributed by atoms with E-state index in [1.54, 1.807) is 12.1 Å². The number of anilines is 1. The number of rotatable bonds is 6. The Morgan fingerprint density at radius 1 is 0.914 bits per heavy atom. The molecule has 0 saturated heterocycles. The van der Waals surface area contributed by atoms with Crippen molar-refractivity contribution in [2.24, 2.45) is 5.92 Å². The molecule has 1 aliphatic carbocycles. The van der Waals surface area contributed by atoms with Crippen LogP contribution in [0.2, 0.25) is 0 Å². The number of carboxylic acid groups (broad SMARTS) is 1. The molecule has 0 bridgehead atoms. The molecule has 1 saturated carbocycles. The van der Waals surface area contributed by atoms with Crippen LogP contribution < -0.4 is 10.4 Å². The number of nitrogens with one attached hydrogen (secondary N) is 1. The second kappa shape index (κ2) is 10.2. The SMILES string of the molecule is O=C([O-])CC1CCC(c2ccc(-c3ccc(NC(=O)c4ccc(C(F)(F)F)nc4)cn3)cc2)CC1. The van der Waals surface area contributed by atoms with Crippen LogP contribution in [0.1, 0.15) is 59.6 Å². The second-order valence-corrected chi connectivity index (χ2v) is 8.73. The molecular formula is C26H23F3N3O3-. The third-order valence-electron chi connectivity index (χ3n) is 6.32. The van der Waals surface area contributed by atoms with Crippen molar-refractivity contribution in [1.82, 2.24) is 9.97 Å². The van der Waals surface area contributed by atoms with Crippen molar-refractivity contribution in [2.75, 3.05) is 5.32 Å². The molecule has 1 N–H and O–H groups in total. The van der Waals surface area contributed by atoms with Crippen LogP contribution in [0.4, 0.5) is 18.9 Å². The van der Waals surface area contributed by atoms with Gasteiger partial charge in [0.1, 0.15) is 5.69 Å². The number of halogens is 3. The van der Waals surface area contributed by atoms with E-state index in [9.17, 15) is 27.9 Å². The topological polar surface area (TPSA) is 95.0 Å². The lowest BCUT2D eigenvalue weighted by Gasteiger charge is -2.29. The molecule has 2 heterocycles. The maximum Gasteiger partial charge on any atom is 0.433 e. The van der Waals surface area contributed by atoms with E-state index < -0.39 is 23.7 Å². The van der Waals surface area contributed by atoms with Gasteiger partial charge in [-0.05, 0) is 73.8 Å². The Morgan fingerprint density at radius 2 is 1.63 bits per heavy atom. The lowest BCUT2D eigenvalue weighted by Crippen LogP contribution is -2.26. The summed E-state index contributed by atoms with van der Waals surface area (Å²) in [6.07, 6.45) is 1.63. The molecule has 1 aromatic carbocycles. The Kier molecular flexibility index (Phi) is 7.14. The van der Waals surface area contributed by atoms with E-state index in [1.165, 1.54) is 11.8 Å². The molecule has 9 heteroatoms. The summed E-state index contributed by atoms with van der Waals surface area (Å²) < 4.78 is 37.9. The summed E-state index contributed by atoms with van der Waals surface area (Å²) in [6.45, 7) is 0. The highest BCUT2D eigenvalue weighted by Crippen LogP contribution is 2.37. The van der Waals surface area contributed by atoms with Gasteiger partial charge in [-0.25, -0.2) is 0 Å². The van der Waals surface area contributed by atoms with Crippen LogP contribution in [0.15, 0.2) is 60.9 Å². The van der Waals surface area contributed by atoms with Crippen LogP contribution in [0.25, 0.3) is 11.3 Å². The minimum absolute atomic E-state index is 0.00586. The first-order chi connectivity index (χ1) is 16.7. The molecule has 4 rings (SSSR count). The summed E-state index contributed by atoms with van der Waals surface area (Å²) in [6, 6.07) is 13.4. The molecule has 0 aliphatic heterocycles. The summed E-state index contributed by atoms with van der Waals surface area (Å²) in [4.78, 5) is 30.8. The van der Waals surface area contributed by atoms with Gasteiger partial charge in [0.25, 0.3) is 5.91 Å². The van der Waals surface area contributed by atoms with Crippen molar-refractivity contribution in [2.45, 2.75) is 44.2 Å². The number of aromatic nitrogens is 2. The first kappa shape index (κ1) is 24.4. The van der Waals surface area contributed by atoms with Crippen molar-refractivity contribution in [3.05, 3.63) is 77.7 Å². The van der Waals surface area contributed by atoms with Crippen molar-refractivity contribution >= 4 is 17.6 Å². The number of aliphatic carboxylic acids is 1. The van der Waals surface area contributed by atoms with E-state index in [1.807, 2.05) is 12.1 Å². The number of benzene rings is 1. The summed E-state index contributed by atoms with van der Waals surface area (Å²) in [5.41, 5.74) is 2.19. The van der Waals surface area contributed by atoms with Gasteiger partial charge in [0.15, 0.2) is 0 Å². The lowest BCUT2D eigenvalue weighted by molar-refractivity contribution is -0.307. The largest absolute Gasteiger partial charge is 0.550 e. The monoisotopic (exact) mass is 482 g/mol. The predicted octanol–water partition coefficient (Wildman–Crippen LogP) is 4.83.